The van der Waals surface area contributed by atoms with E-state index in [0.717, 1.165) is 51.9 Å². The molecule has 1 heterocycles. The molecule has 18 heavy (non-hydrogen) atoms. The van der Waals surface area contributed by atoms with E-state index in [1.807, 2.05) is 14.0 Å². The molecule has 0 aliphatic carbocycles. The lowest BCUT2D eigenvalue weighted by molar-refractivity contribution is 0.0138. The van der Waals surface area contributed by atoms with E-state index in [2.05, 4.69) is 23.2 Å². The molecule has 4 heteroatoms. The summed E-state index contributed by atoms with van der Waals surface area (Å²) >= 11 is 0. The Kier molecular flexibility index (Phi) is 6.62. The summed E-state index contributed by atoms with van der Waals surface area (Å²) in [5, 5.41) is 12.2. The van der Waals surface area contributed by atoms with Gasteiger partial charge in [0.25, 0.3) is 0 Å². The lowest BCUT2D eigenvalue weighted by Crippen LogP contribution is -2.40. The van der Waals surface area contributed by atoms with Crippen molar-refractivity contribution in [3.63, 3.8) is 0 Å². The molecule has 1 N–H and O–H groups in total. The van der Waals surface area contributed by atoms with Crippen LogP contribution in [0.5, 0.6) is 0 Å². The molecule has 0 saturated carbocycles. The van der Waals surface area contributed by atoms with Gasteiger partial charge in [0, 0.05) is 19.7 Å². The van der Waals surface area contributed by atoms with Gasteiger partial charge in [-0.1, -0.05) is 0 Å². The smallest absolute Gasteiger partial charge is 0.103 e. The van der Waals surface area contributed by atoms with E-state index in [0.29, 0.717) is 6.10 Å². The largest absolute Gasteiger partial charge is 0.378 e. The minimum Gasteiger partial charge on any atom is -0.378 e. The first kappa shape index (κ1) is 15.4. The van der Waals surface area contributed by atoms with E-state index in [-0.39, 0.29) is 5.54 Å². The molecule has 1 fully saturated rings. The minimum absolute atomic E-state index is 0.371. The zero-order valence-corrected chi connectivity index (χ0v) is 12.0. The molecule has 0 aromatic heterocycles. The van der Waals surface area contributed by atoms with E-state index < -0.39 is 0 Å². The van der Waals surface area contributed by atoms with Crippen LogP contribution in [0.3, 0.4) is 0 Å². The lowest BCUT2D eigenvalue weighted by Gasteiger charge is -2.32. The van der Waals surface area contributed by atoms with Crippen LogP contribution in [-0.2, 0) is 4.74 Å². The van der Waals surface area contributed by atoms with E-state index in [9.17, 15) is 0 Å². The van der Waals surface area contributed by atoms with Crippen LogP contribution >= 0.6 is 0 Å². The molecule has 0 bridgehead atoms. The Balaban J connectivity index is 2.17. The predicted octanol–water partition coefficient (Wildman–Crippen LogP) is 1.77. The van der Waals surface area contributed by atoms with Gasteiger partial charge in [-0.2, -0.15) is 5.26 Å². The summed E-state index contributed by atoms with van der Waals surface area (Å²) in [5.41, 5.74) is -0.371. The molecule has 0 spiro atoms. The maximum atomic E-state index is 9.07. The molecule has 1 rings (SSSR count). The highest BCUT2D eigenvalue weighted by Crippen LogP contribution is 2.16. The topological polar surface area (TPSA) is 48.3 Å². The number of nitriles is 1. The standard InChI is InChI=1S/C14H27N3O/c1-4-18-13-6-10-17(11-7-13)9-5-8-14(2,12-15)16-3/h13,16H,4-11H2,1-3H3. The number of rotatable bonds is 7. The quantitative estimate of drug-likeness (QED) is 0.751. The van der Waals surface area contributed by atoms with Crippen molar-refractivity contribution in [1.29, 1.82) is 5.26 Å². The third kappa shape index (κ3) is 4.93. The van der Waals surface area contributed by atoms with Crippen LogP contribution in [0, 0.1) is 11.3 Å². The van der Waals surface area contributed by atoms with E-state index in [1.54, 1.807) is 0 Å². The van der Waals surface area contributed by atoms with Gasteiger partial charge in [-0.05, 0) is 53.1 Å². The monoisotopic (exact) mass is 253 g/mol. The number of hydrogen-bond donors (Lipinski definition) is 1. The number of hydrogen-bond acceptors (Lipinski definition) is 4. The Morgan fingerprint density at radius 3 is 2.61 bits per heavy atom. The van der Waals surface area contributed by atoms with Crippen molar-refractivity contribution < 1.29 is 4.74 Å². The molecule has 1 unspecified atom stereocenters. The summed E-state index contributed by atoms with van der Waals surface area (Å²) in [6.45, 7) is 8.22. The first-order valence-electron chi connectivity index (χ1n) is 7.07. The van der Waals surface area contributed by atoms with Crippen molar-refractivity contribution in [2.75, 3.05) is 33.3 Å². The zero-order valence-electron chi connectivity index (χ0n) is 12.0. The van der Waals surface area contributed by atoms with Crippen LogP contribution in [0.25, 0.3) is 0 Å². The molecule has 104 valence electrons. The van der Waals surface area contributed by atoms with Gasteiger partial charge in [0.15, 0.2) is 0 Å². The van der Waals surface area contributed by atoms with Crippen LogP contribution in [0.15, 0.2) is 0 Å². The lowest BCUT2D eigenvalue weighted by atomic mass is 9.97. The fourth-order valence-corrected chi connectivity index (χ4v) is 2.43. The van der Waals surface area contributed by atoms with Crippen LogP contribution in [0.1, 0.15) is 39.5 Å². The van der Waals surface area contributed by atoms with Gasteiger partial charge in [-0.15, -0.1) is 0 Å². The summed E-state index contributed by atoms with van der Waals surface area (Å²) in [6, 6.07) is 2.34. The van der Waals surface area contributed by atoms with Crippen LogP contribution < -0.4 is 5.32 Å². The molecule has 1 aliphatic rings. The summed E-state index contributed by atoms with van der Waals surface area (Å²) in [4.78, 5) is 2.49. The first-order valence-corrected chi connectivity index (χ1v) is 7.07. The van der Waals surface area contributed by atoms with Gasteiger partial charge < -0.3 is 15.0 Å². The molecule has 0 radical (unpaired) electrons. The molecule has 0 aromatic carbocycles. The fourth-order valence-electron chi connectivity index (χ4n) is 2.43. The van der Waals surface area contributed by atoms with Gasteiger partial charge in [-0.3, -0.25) is 0 Å². The highest BCUT2D eigenvalue weighted by molar-refractivity contribution is 5.02. The van der Waals surface area contributed by atoms with Gasteiger partial charge in [0.1, 0.15) is 5.54 Å². The van der Waals surface area contributed by atoms with Gasteiger partial charge in [0.05, 0.1) is 12.2 Å². The maximum absolute atomic E-state index is 9.07. The second-order valence-electron chi connectivity index (χ2n) is 5.29. The van der Waals surface area contributed by atoms with Crippen molar-refractivity contribution in [1.82, 2.24) is 10.2 Å². The highest BCUT2D eigenvalue weighted by Gasteiger charge is 2.22. The number of likely N-dealkylation sites (tertiary alicyclic amines) is 1. The Bertz CT molecular complexity index is 269. The molecular weight excluding hydrogens is 226 g/mol. The summed E-state index contributed by atoms with van der Waals surface area (Å²) in [6.07, 6.45) is 4.74. The Labute approximate surface area is 111 Å². The summed E-state index contributed by atoms with van der Waals surface area (Å²) in [5.74, 6) is 0. The average molecular weight is 253 g/mol. The number of piperidine rings is 1. The normalized spacial score (nSPS) is 21.4. The number of ether oxygens (including phenoxy) is 1. The second-order valence-corrected chi connectivity index (χ2v) is 5.29. The van der Waals surface area contributed by atoms with E-state index in [1.165, 1.54) is 0 Å². The zero-order chi connectivity index (χ0) is 13.4. The van der Waals surface area contributed by atoms with Crippen molar-refractivity contribution in [2.45, 2.75) is 51.2 Å². The SMILES string of the molecule is CCOC1CCN(CCCC(C)(C#N)NC)CC1. The maximum Gasteiger partial charge on any atom is 0.103 e. The number of nitrogens with one attached hydrogen (secondary N) is 1. The number of nitrogens with zero attached hydrogens (tertiary/aromatic N) is 2. The summed E-state index contributed by atoms with van der Waals surface area (Å²) in [7, 11) is 1.86. The molecule has 1 saturated heterocycles. The average Bonchev–Trinajstić information content (AvgIpc) is 2.41. The van der Waals surface area contributed by atoms with Crippen molar-refractivity contribution in [3.05, 3.63) is 0 Å². The van der Waals surface area contributed by atoms with Crippen LogP contribution in [-0.4, -0.2) is 49.8 Å². The van der Waals surface area contributed by atoms with E-state index in [4.69, 9.17) is 10.00 Å². The molecule has 1 aliphatic heterocycles. The molecule has 4 nitrogen and oxygen atoms in total. The fraction of sp³-hybridized carbons (Fsp3) is 0.929. The minimum atomic E-state index is -0.371. The van der Waals surface area contributed by atoms with Crippen molar-refractivity contribution >= 4 is 0 Å². The molecule has 1 atom stereocenters. The van der Waals surface area contributed by atoms with E-state index >= 15 is 0 Å². The first-order chi connectivity index (χ1) is 8.63. The highest BCUT2D eigenvalue weighted by atomic mass is 16.5. The molecule has 0 aromatic rings. The second kappa shape index (κ2) is 7.73. The van der Waals surface area contributed by atoms with Crippen molar-refractivity contribution in [3.8, 4) is 6.07 Å². The van der Waals surface area contributed by atoms with Gasteiger partial charge in [0.2, 0.25) is 0 Å². The van der Waals surface area contributed by atoms with Gasteiger partial charge >= 0.3 is 0 Å². The third-order valence-electron chi connectivity index (χ3n) is 3.89. The van der Waals surface area contributed by atoms with Crippen LogP contribution in [0.2, 0.25) is 0 Å². The van der Waals surface area contributed by atoms with Crippen LogP contribution in [0.4, 0.5) is 0 Å². The van der Waals surface area contributed by atoms with Crippen molar-refractivity contribution in [2.24, 2.45) is 0 Å². The Hall–Kier alpha value is -0.630. The third-order valence-corrected chi connectivity index (χ3v) is 3.89. The predicted molar refractivity (Wildman–Crippen MR) is 73.4 cm³/mol. The molecular formula is C14H27N3O. The Morgan fingerprint density at radius 1 is 1.44 bits per heavy atom. The Morgan fingerprint density at radius 2 is 2.11 bits per heavy atom. The summed E-state index contributed by atoms with van der Waals surface area (Å²) < 4.78 is 5.64. The molecule has 0 amide bonds. The van der Waals surface area contributed by atoms with Gasteiger partial charge in [-0.25, -0.2) is 0 Å².